The normalized spacial score (nSPS) is 12.6. The minimum absolute atomic E-state index is 0.0815. The van der Waals surface area contributed by atoms with Crippen molar-refractivity contribution >= 4 is 17.9 Å². The van der Waals surface area contributed by atoms with E-state index in [0.29, 0.717) is 19.3 Å². The largest absolute Gasteiger partial charge is 0.462 e. The van der Waals surface area contributed by atoms with Crippen molar-refractivity contribution < 1.29 is 28.6 Å². The number of rotatable bonds is 61. The zero-order chi connectivity index (χ0) is 56.4. The van der Waals surface area contributed by atoms with E-state index in [-0.39, 0.29) is 31.1 Å². The van der Waals surface area contributed by atoms with E-state index in [9.17, 15) is 14.4 Å². The minimum atomic E-state index is -0.785. The molecule has 78 heavy (non-hydrogen) atoms. The van der Waals surface area contributed by atoms with Gasteiger partial charge in [0.2, 0.25) is 0 Å². The van der Waals surface area contributed by atoms with Gasteiger partial charge in [0.15, 0.2) is 6.10 Å². The fourth-order valence-corrected chi connectivity index (χ4v) is 9.62. The van der Waals surface area contributed by atoms with Crippen molar-refractivity contribution in [2.75, 3.05) is 13.2 Å². The lowest BCUT2D eigenvalue weighted by Crippen LogP contribution is -2.30. The summed E-state index contributed by atoms with van der Waals surface area (Å²) in [4.78, 5) is 38.4. The Morgan fingerprint density at radius 3 is 0.808 bits per heavy atom. The number of carbonyl (C=O) groups is 3. The number of hydrogen-bond donors (Lipinski definition) is 0. The molecule has 0 radical (unpaired) electrons. The van der Waals surface area contributed by atoms with Crippen molar-refractivity contribution in [1.82, 2.24) is 0 Å². The van der Waals surface area contributed by atoms with Gasteiger partial charge < -0.3 is 14.2 Å². The van der Waals surface area contributed by atoms with Crippen LogP contribution in [-0.2, 0) is 28.6 Å². The Morgan fingerprint density at radius 2 is 0.500 bits per heavy atom. The Labute approximate surface area is 484 Å². The maximum absolute atomic E-state index is 12.9. The van der Waals surface area contributed by atoms with Crippen molar-refractivity contribution in [3.05, 3.63) is 85.1 Å². The van der Waals surface area contributed by atoms with Gasteiger partial charge in [0.05, 0.1) is 0 Å². The highest BCUT2D eigenvalue weighted by atomic mass is 16.6. The van der Waals surface area contributed by atoms with Gasteiger partial charge in [-0.15, -0.1) is 0 Å². The first-order valence-corrected chi connectivity index (χ1v) is 33.6. The molecule has 0 saturated heterocycles. The van der Waals surface area contributed by atoms with Crippen LogP contribution in [0.25, 0.3) is 0 Å². The summed E-state index contributed by atoms with van der Waals surface area (Å²) in [5, 5.41) is 0. The van der Waals surface area contributed by atoms with E-state index < -0.39 is 6.10 Å². The molecule has 0 aromatic rings. The van der Waals surface area contributed by atoms with Gasteiger partial charge >= 0.3 is 17.9 Å². The van der Waals surface area contributed by atoms with Crippen LogP contribution in [0.3, 0.4) is 0 Å². The van der Waals surface area contributed by atoms with Crippen LogP contribution in [0, 0.1) is 0 Å². The Balaban J connectivity index is 4.34. The molecular formula is C72H126O6. The number of allylic oxidation sites excluding steroid dienone is 14. The molecule has 0 aromatic heterocycles. The smallest absolute Gasteiger partial charge is 0.306 e. The van der Waals surface area contributed by atoms with Crippen LogP contribution in [0.2, 0.25) is 0 Å². The Kier molecular flexibility index (Phi) is 63.2. The van der Waals surface area contributed by atoms with Crippen LogP contribution in [0.15, 0.2) is 85.1 Å². The summed E-state index contributed by atoms with van der Waals surface area (Å²) in [5.74, 6) is -0.883. The van der Waals surface area contributed by atoms with Crippen LogP contribution in [0.1, 0.15) is 335 Å². The Morgan fingerprint density at radius 1 is 0.269 bits per heavy atom. The van der Waals surface area contributed by atoms with Gasteiger partial charge in [-0.3, -0.25) is 14.4 Å². The highest BCUT2D eigenvalue weighted by Crippen LogP contribution is 2.17. The molecule has 0 fully saturated rings. The van der Waals surface area contributed by atoms with E-state index in [1.807, 2.05) is 0 Å². The van der Waals surface area contributed by atoms with Gasteiger partial charge in [-0.05, 0) is 96.3 Å². The first-order chi connectivity index (χ1) is 38.5. The van der Waals surface area contributed by atoms with E-state index in [2.05, 4.69) is 106 Å². The molecule has 0 N–H and O–H groups in total. The highest BCUT2D eigenvalue weighted by Gasteiger charge is 2.19. The molecule has 0 bridgehead atoms. The van der Waals surface area contributed by atoms with Crippen molar-refractivity contribution in [3.8, 4) is 0 Å². The molecule has 0 amide bonds. The Bertz CT molecular complexity index is 1480. The number of unbranched alkanes of at least 4 members (excludes halogenated alkanes) is 36. The second-order valence-corrected chi connectivity index (χ2v) is 22.4. The second kappa shape index (κ2) is 66.1. The first-order valence-electron chi connectivity index (χ1n) is 33.6. The summed E-state index contributed by atoms with van der Waals surface area (Å²) in [6.07, 6.45) is 87.3. The predicted octanol–water partition coefficient (Wildman–Crippen LogP) is 23.1. The zero-order valence-corrected chi connectivity index (χ0v) is 51.7. The monoisotopic (exact) mass is 1090 g/mol. The van der Waals surface area contributed by atoms with Gasteiger partial charge in [-0.25, -0.2) is 0 Å². The third-order valence-electron chi connectivity index (χ3n) is 14.6. The number of hydrogen-bond acceptors (Lipinski definition) is 6. The summed E-state index contributed by atoms with van der Waals surface area (Å²) in [7, 11) is 0. The molecule has 6 nitrogen and oxygen atoms in total. The van der Waals surface area contributed by atoms with E-state index in [1.165, 1.54) is 180 Å². The molecule has 0 aromatic carbocycles. The first kappa shape index (κ1) is 74.6. The number of esters is 3. The Hall–Kier alpha value is -3.41. The molecule has 0 spiro atoms. The van der Waals surface area contributed by atoms with Crippen molar-refractivity contribution in [2.45, 2.75) is 341 Å². The summed E-state index contributed by atoms with van der Waals surface area (Å²) < 4.78 is 17.0. The quantitative estimate of drug-likeness (QED) is 0.0261. The topological polar surface area (TPSA) is 78.9 Å². The maximum Gasteiger partial charge on any atom is 0.306 e. The summed E-state index contributed by atoms with van der Waals surface area (Å²) in [6.45, 7) is 6.53. The van der Waals surface area contributed by atoms with Crippen LogP contribution in [0.4, 0.5) is 0 Å². The molecule has 0 heterocycles. The molecule has 1 unspecified atom stereocenters. The van der Waals surface area contributed by atoms with E-state index in [4.69, 9.17) is 14.2 Å². The van der Waals surface area contributed by atoms with Gasteiger partial charge in [-0.2, -0.15) is 0 Å². The van der Waals surface area contributed by atoms with Crippen molar-refractivity contribution in [3.63, 3.8) is 0 Å². The fourth-order valence-electron chi connectivity index (χ4n) is 9.62. The highest BCUT2D eigenvalue weighted by molar-refractivity contribution is 5.71. The van der Waals surface area contributed by atoms with Crippen LogP contribution in [0.5, 0.6) is 0 Å². The second-order valence-electron chi connectivity index (χ2n) is 22.4. The molecular weight excluding hydrogens is 961 g/mol. The van der Waals surface area contributed by atoms with E-state index in [0.717, 1.165) is 116 Å². The van der Waals surface area contributed by atoms with Crippen LogP contribution >= 0.6 is 0 Å². The fraction of sp³-hybridized carbons (Fsp3) is 0.764. The number of carbonyl (C=O) groups excluding carboxylic acids is 3. The van der Waals surface area contributed by atoms with Crippen LogP contribution < -0.4 is 0 Å². The van der Waals surface area contributed by atoms with Gasteiger partial charge in [0.25, 0.3) is 0 Å². The minimum Gasteiger partial charge on any atom is -0.462 e. The van der Waals surface area contributed by atoms with Crippen LogP contribution in [-0.4, -0.2) is 37.2 Å². The molecule has 0 aliphatic rings. The van der Waals surface area contributed by atoms with Gasteiger partial charge in [0, 0.05) is 19.3 Å². The average Bonchev–Trinajstić information content (AvgIpc) is 3.44. The van der Waals surface area contributed by atoms with E-state index in [1.54, 1.807) is 0 Å². The summed E-state index contributed by atoms with van der Waals surface area (Å²) in [6, 6.07) is 0. The number of ether oxygens (including phenoxy) is 3. The van der Waals surface area contributed by atoms with Crippen molar-refractivity contribution in [2.24, 2.45) is 0 Å². The lowest BCUT2D eigenvalue weighted by Gasteiger charge is -2.18. The van der Waals surface area contributed by atoms with Gasteiger partial charge in [0.1, 0.15) is 13.2 Å². The lowest BCUT2D eigenvalue weighted by molar-refractivity contribution is -0.167. The van der Waals surface area contributed by atoms with Gasteiger partial charge in [-0.1, -0.05) is 305 Å². The summed E-state index contributed by atoms with van der Waals surface area (Å²) in [5.41, 5.74) is 0. The summed E-state index contributed by atoms with van der Waals surface area (Å²) >= 11 is 0. The molecule has 0 aliphatic carbocycles. The lowest BCUT2D eigenvalue weighted by atomic mass is 10.0. The third-order valence-corrected chi connectivity index (χ3v) is 14.6. The predicted molar refractivity (Wildman–Crippen MR) is 339 cm³/mol. The third kappa shape index (κ3) is 63.4. The molecule has 0 aliphatic heterocycles. The molecule has 1 atom stereocenters. The standard InChI is InChI=1S/C72H126O6/c1-4-7-10-13-16-19-22-25-28-30-32-34-35-36-37-38-40-41-44-47-50-53-56-59-62-65-71(74)77-68-69(67-76-70(73)64-61-58-55-52-49-46-43-27-24-21-18-15-12-9-6-3)78-72(75)66-63-60-57-54-51-48-45-42-39-33-31-29-26-23-20-17-14-11-8-5-2/h7,10,16,18-19,21,25,27-28,32,34,36-37,43,69H,4-6,8-9,11-15,17,20,22-24,26,29-31,33,35,38-42,44-68H2,1-3H3/b10-7-,19-16-,21-18-,28-25-,34-32-,37-36-,43-27-. The molecule has 450 valence electrons. The molecule has 6 heteroatoms. The zero-order valence-electron chi connectivity index (χ0n) is 51.7. The SMILES string of the molecule is CC/C=C\C/C=C\C/C=C\C/C=C\C/C=C\CCCCCCCCCCCC(=O)OCC(COC(=O)CCCCCCC/C=C\C/C=C\CCCCC)OC(=O)CCCCCCCCCCCCCCCCCCCCCC. The molecule has 0 rings (SSSR count). The van der Waals surface area contributed by atoms with E-state index >= 15 is 0 Å². The molecule has 0 saturated carbocycles. The maximum atomic E-state index is 12.9. The van der Waals surface area contributed by atoms with Crippen molar-refractivity contribution in [1.29, 1.82) is 0 Å². The average molecular weight is 1090 g/mol.